The van der Waals surface area contributed by atoms with Crippen molar-refractivity contribution in [2.75, 3.05) is 18.9 Å². The molecule has 0 bridgehead atoms. The fraction of sp³-hybridized carbons (Fsp3) is 0.188. The lowest BCUT2D eigenvalue weighted by Crippen LogP contribution is -2.35. The number of aryl methyl sites for hydroxylation is 1. The summed E-state index contributed by atoms with van der Waals surface area (Å²) in [6, 6.07) is 8.82. The number of nitrogens with zero attached hydrogens (tertiary/aromatic N) is 2. The maximum atomic E-state index is 12.2. The molecular weight excluding hydrogens is 337 g/mol. The number of carbonyl (C=O) groups excluding carboxylic acids is 2. The van der Waals surface area contributed by atoms with Crippen LogP contribution in [0.5, 0.6) is 0 Å². The average Bonchev–Trinajstić information content (AvgIpc) is 2.51. The number of likely N-dealkylation sites (N-methyl/N-ethyl adjacent to an activating group) is 1. The van der Waals surface area contributed by atoms with Gasteiger partial charge in [-0.3, -0.25) is 9.59 Å². The second-order valence-corrected chi connectivity index (χ2v) is 5.84. The average molecular weight is 352 g/mol. The summed E-state index contributed by atoms with van der Waals surface area (Å²) in [5.41, 5.74) is 2.05. The van der Waals surface area contributed by atoms with Gasteiger partial charge in [-0.25, -0.2) is 4.98 Å². The lowest BCUT2D eigenvalue weighted by Gasteiger charge is -2.17. The summed E-state index contributed by atoms with van der Waals surface area (Å²) in [7, 11) is 1.53. The number of amides is 2. The van der Waals surface area contributed by atoms with Gasteiger partial charge in [-0.15, -0.1) is 0 Å². The number of benzene rings is 1. The number of pyridine rings is 1. The van der Waals surface area contributed by atoms with Crippen molar-refractivity contribution >= 4 is 40.7 Å². The van der Waals surface area contributed by atoms with E-state index in [-0.39, 0.29) is 34.1 Å². The van der Waals surface area contributed by atoms with E-state index in [1.54, 1.807) is 12.1 Å². The van der Waals surface area contributed by atoms with Crippen molar-refractivity contribution < 1.29 is 9.59 Å². The molecule has 0 atom stereocenters. The summed E-state index contributed by atoms with van der Waals surface area (Å²) in [5.74, 6) is -0.659. The van der Waals surface area contributed by atoms with Crippen LogP contribution in [0.4, 0.5) is 5.69 Å². The monoisotopic (exact) mass is 351 g/mol. The first-order valence-corrected chi connectivity index (χ1v) is 7.55. The molecular formula is C16H15Cl2N3O2. The van der Waals surface area contributed by atoms with Gasteiger partial charge in [0.2, 0.25) is 5.91 Å². The molecule has 120 valence electrons. The first-order chi connectivity index (χ1) is 10.9. The third-order valence-corrected chi connectivity index (χ3v) is 3.79. The van der Waals surface area contributed by atoms with Crippen molar-refractivity contribution in [3.63, 3.8) is 0 Å². The minimum atomic E-state index is -0.366. The van der Waals surface area contributed by atoms with E-state index in [1.165, 1.54) is 24.2 Å². The van der Waals surface area contributed by atoms with Crippen molar-refractivity contribution in [2.45, 2.75) is 6.92 Å². The van der Waals surface area contributed by atoms with E-state index in [1.807, 2.05) is 19.1 Å². The van der Waals surface area contributed by atoms with Crippen molar-refractivity contribution in [1.29, 1.82) is 0 Å². The van der Waals surface area contributed by atoms with Crippen LogP contribution in [0, 0.1) is 6.92 Å². The molecule has 1 aromatic heterocycles. The van der Waals surface area contributed by atoms with Crippen LogP contribution in [-0.4, -0.2) is 35.3 Å². The molecule has 0 radical (unpaired) electrons. The topological polar surface area (TPSA) is 62.3 Å². The molecule has 5 nitrogen and oxygen atoms in total. The fourth-order valence-electron chi connectivity index (χ4n) is 1.88. The molecule has 0 fully saturated rings. The van der Waals surface area contributed by atoms with E-state index in [4.69, 9.17) is 23.2 Å². The summed E-state index contributed by atoms with van der Waals surface area (Å²) in [4.78, 5) is 29.3. The summed E-state index contributed by atoms with van der Waals surface area (Å²) in [6.07, 6.45) is 1.32. The second kappa shape index (κ2) is 7.44. The van der Waals surface area contributed by atoms with Crippen LogP contribution in [0.25, 0.3) is 0 Å². The number of halogens is 2. The van der Waals surface area contributed by atoms with Crippen LogP contribution in [0.3, 0.4) is 0 Å². The summed E-state index contributed by atoms with van der Waals surface area (Å²) >= 11 is 11.6. The minimum absolute atomic E-state index is 0.0903. The molecule has 0 unspecified atom stereocenters. The molecule has 0 aliphatic heterocycles. The Morgan fingerprint density at radius 3 is 2.48 bits per heavy atom. The molecule has 0 saturated carbocycles. The normalized spacial score (nSPS) is 10.3. The highest BCUT2D eigenvalue weighted by Gasteiger charge is 2.16. The van der Waals surface area contributed by atoms with E-state index >= 15 is 0 Å². The highest BCUT2D eigenvalue weighted by atomic mass is 35.5. The largest absolute Gasteiger partial charge is 0.332 e. The van der Waals surface area contributed by atoms with Crippen molar-refractivity contribution in [3.05, 3.63) is 57.8 Å². The standard InChI is InChI=1S/C16H15Cl2N3O2/c1-10-3-5-12(6-4-10)20-14(22)9-21(2)16(23)11-7-13(17)15(18)19-8-11/h3-8H,9H2,1-2H3,(H,20,22). The fourth-order valence-corrected chi connectivity index (χ4v) is 2.15. The van der Waals surface area contributed by atoms with Crippen molar-refractivity contribution in [3.8, 4) is 0 Å². The molecule has 0 aliphatic rings. The molecule has 1 heterocycles. The molecule has 0 saturated heterocycles. The maximum absolute atomic E-state index is 12.2. The molecule has 2 rings (SSSR count). The van der Waals surface area contributed by atoms with Crippen molar-refractivity contribution in [2.24, 2.45) is 0 Å². The van der Waals surface area contributed by atoms with Gasteiger partial charge in [-0.1, -0.05) is 40.9 Å². The van der Waals surface area contributed by atoms with Gasteiger partial charge in [-0.05, 0) is 25.1 Å². The highest BCUT2D eigenvalue weighted by Crippen LogP contribution is 2.20. The molecule has 2 amide bonds. The predicted octanol–water partition coefficient (Wildman–Crippen LogP) is 3.41. The van der Waals surface area contributed by atoms with E-state index in [2.05, 4.69) is 10.3 Å². The Morgan fingerprint density at radius 2 is 1.87 bits per heavy atom. The zero-order valence-electron chi connectivity index (χ0n) is 12.6. The smallest absolute Gasteiger partial charge is 0.255 e. The first-order valence-electron chi connectivity index (χ1n) is 6.80. The number of nitrogens with one attached hydrogen (secondary N) is 1. The Hall–Kier alpha value is -2.11. The lowest BCUT2D eigenvalue weighted by molar-refractivity contribution is -0.116. The Bertz CT molecular complexity index is 733. The molecule has 1 N–H and O–H groups in total. The Balaban J connectivity index is 1.98. The zero-order valence-corrected chi connectivity index (χ0v) is 14.1. The van der Waals surface area contributed by atoms with E-state index < -0.39 is 0 Å². The van der Waals surface area contributed by atoms with Gasteiger partial charge >= 0.3 is 0 Å². The first kappa shape index (κ1) is 17.2. The Labute approximate surface area is 144 Å². The van der Waals surface area contributed by atoms with E-state index in [0.29, 0.717) is 5.69 Å². The van der Waals surface area contributed by atoms with Gasteiger partial charge in [0.05, 0.1) is 17.1 Å². The molecule has 0 aliphatic carbocycles. The summed E-state index contributed by atoms with van der Waals surface area (Å²) in [6.45, 7) is 1.87. The number of carbonyl (C=O) groups is 2. The third-order valence-electron chi connectivity index (χ3n) is 3.11. The predicted molar refractivity (Wildman–Crippen MR) is 91.0 cm³/mol. The SMILES string of the molecule is Cc1ccc(NC(=O)CN(C)C(=O)c2cnc(Cl)c(Cl)c2)cc1. The van der Waals surface area contributed by atoms with Crippen LogP contribution >= 0.6 is 23.2 Å². The van der Waals surface area contributed by atoms with Crippen LogP contribution < -0.4 is 5.32 Å². The summed E-state index contributed by atoms with van der Waals surface area (Å²) in [5, 5.41) is 3.05. The van der Waals surface area contributed by atoms with Gasteiger partial charge in [0.25, 0.3) is 5.91 Å². The second-order valence-electron chi connectivity index (χ2n) is 5.07. The number of anilines is 1. The van der Waals surface area contributed by atoms with Crippen LogP contribution in [0.15, 0.2) is 36.5 Å². The number of hydrogen-bond donors (Lipinski definition) is 1. The molecule has 7 heteroatoms. The van der Waals surface area contributed by atoms with Gasteiger partial charge in [0.15, 0.2) is 0 Å². The third kappa shape index (κ3) is 4.68. The quantitative estimate of drug-likeness (QED) is 0.858. The van der Waals surface area contributed by atoms with E-state index in [9.17, 15) is 9.59 Å². The Morgan fingerprint density at radius 1 is 1.22 bits per heavy atom. The summed E-state index contributed by atoms with van der Waals surface area (Å²) < 4.78 is 0. The van der Waals surface area contributed by atoms with Crippen LogP contribution in [-0.2, 0) is 4.79 Å². The lowest BCUT2D eigenvalue weighted by atomic mass is 10.2. The van der Waals surface area contributed by atoms with Crippen molar-refractivity contribution in [1.82, 2.24) is 9.88 Å². The molecule has 0 spiro atoms. The van der Waals surface area contributed by atoms with Gasteiger partial charge < -0.3 is 10.2 Å². The minimum Gasteiger partial charge on any atom is -0.332 e. The molecule has 23 heavy (non-hydrogen) atoms. The highest BCUT2D eigenvalue weighted by molar-refractivity contribution is 6.41. The number of aromatic nitrogens is 1. The number of rotatable bonds is 4. The van der Waals surface area contributed by atoms with Gasteiger partial charge in [-0.2, -0.15) is 0 Å². The maximum Gasteiger partial charge on any atom is 0.255 e. The zero-order chi connectivity index (χ0) is 17.0. The van der Waals surface area contributed by atoms with E-state index in [0.717, 1.165) is 5.56 Å². The van der Waals surface area contributed by atoms with Crippen LogP contribution in [0.2, 0.25) is 10.2 Å². The van der Waals surface area contributed by atoms with Crippen LogP contribution in [0.1, 0.15) is 15.9 Å². The number of hydrogen-bond acceptors (Lipinski definition) is 3. The molecule has 1 aromatic carbocycles. The van der Waals surface area contributed by atoms with Gasteiger partial charge in [0.1, 0.15) is 5.15 Å². The molecule has 2 aromatic rings. The van der Waals surface area contributed by atoms with Gasteiger partial charge in [0, 0.05) is 18.9 Å². The Kier molecular flexibility index (Phi) is 5.58.